The number of nitrogens with zero attached hydrogens (tertiary/aromatic N) is 1. The van der Waals surface area contributed by atoms with E-state index in [9.17, 15) is 4.79 Å². The van der Waals surface area contributed by atoms with E-state index in [0.29, 0.717) is 26.7 Å². The van der Waals surface area contributed by atoms with Gasteiger partial charge in [0, 0.05) is 5.69 Å². The van der Waals surface area contributed by atoms with E-state index in [4.69, 9.17) is 27.6 Å². The lowest BCUT2D eigenvalue weighted by molar-refractivity contribution is 0.618. The van der Waals surface area contributed by atoms with Crippen LogP contribution in [0.15, 0.2) is 27.4 Å². The molecule has 0 unspecified atom stereocenters. The smallest absolute Gasteiger partial charge is 0.260 e. The number of oxazole rings is 1. The van der Waals surface area contributed by atoms with Crippen LogP contribution in [-0.2, 0) is 6.42 Å². The second-order valence-corrected chi connectivity index (χ2v) is 5.56. The minimum Gasteiger partial charge on any atom is -0.434 e. The van der Waals surface area contributed by atoms with Gasteiger partial charge in [0.1, 0.15) is 11.1 Å². The summed E-state index contributed by atoms with van der Waals surface area (Å²) < 4.78 is 5.64. The number of aromatic amines is 1. The maximum absolute atomic E-state index is 12.1. The molecule has 0 amide bonds. The zero-order chi connectivity index (χ0) is 15.1. The Labute approximate surface area is 130 Å². The van der Waals surface area contributed by atoms with Crippen molar-refractivity contribution in [3.8, 4) is 11.5 Å². The van der Waals surface area contributed by atoms with E-state index in [-0.39, 0.29) is 11.4 Å². The van der Waals surface area contributed by atoms with Crippen LogP contribution in [0.4, 0.5) is 0 Å². The molecular formula is C15H12Cl2N2O2. The normalized spacial score (nSPS) is 11.2. The predicted octanol–water partition coefficient (Wildman–Crippen LogP) is 4.36. The van der Waals surface area contributed by atoms with Crippen LogP contribution in [0.3, 0.4) is 0 Å². The van der Waals surface area contributed by atoms with Crippen molar-refractivity contribution in [3.63, 3.8) is 0 Å². The van der Waals surface area contributed by atoms with E-state index < -0.39 is 0 Å². The van der Waals surface area contributed by atoms with Crippen molar-refractivity contribution in [1.82, 2.24) is 9.97 Å². The summed E-state index contributed by atoms with van der Waals surface area (Å²) in [6.07, 6.45) is 0.803. The molecule has 1 N–H and O–H groups in total. The number of rotatable bonds is 2. The highest BCUT2D eigenvalue weighted by molar-refractivity contribution is 6.39. The molecule has 0 bridgehead atoms. The number of hydrogen-bond acceptors (Lipinski definition) is 3. The average Bonchev–Trinajstić information content (AvgIpc) is 2.89. The van der Waals surface area contributed by atoms with Gasteiger partial charge in [-0.25, -0.2) is 4.98 Å². The third-order valence-corrected chi connectivity index (χ3v) is 4.01. The van der Waals surface area contributed by atoms with Crippen molar-refractivity contribution in [2.45, 2.75) is 20.3 Å². The predicted molar refractivity (Wildman–Crippen MR) is 84.2 cm³/mol. The molecule has 3 aromatic rings. The van der Waals surface area contributed by atoms with Crippen LogP contribution in [0.5, 0.6) is 0 Å². The topological polar surface area (TPSA) is 58.9 Å². The summed E-state index contributed by atoms with van der Waals surface area (Å²) >= 11 is 12.2. The van der Waals surface area contributed by atoms with Crippen molar-refractivity contribution in [2.24, 2.45) is 0 Å². The molecule has 2 aromatic heterocycles. The number of hydrogen-bond donors (Lipinski definition) is 1. The first-order valence-electron chi connectivity index (χ1n) is 6.49. The molecule has 3 rings (SSSR count). The van der Waals surface area contributed by atoms with Gasteiger partial charge in [-0.3, -0.25) is 4.79 Å². The Hall–Kier alpha value is -1.78. The number of halogens is 2. The van der Waals surface area contributed by atoms with Crippen LogP contribution in [0.1, 0.15) is 18.2 Å². The first kappa shape index (κ1) is 14.2. The summed E-state index contributed by atoms with van der Waals surface area (Å²) in [5.74, 6) is 0.218. The molecule has 0 atom stereocenters. The molecule has 0 spiro atoms. The Morgan fingerprint density at radius 2 is 2.00 bits per heavy atom. The largest absolute Gasteiger partial charge is 0.434 e. The van der Waals surface area contributed by atoms with Gasteiger partial charge in [0.05, 0.1) is 10.0 Å². The number of pyridine rings is 1. The molecule has 1 aromatic carbocycles. The fraction of sp³-hybridized carbons (Fsp3) is 0.200. The van der Waals surface area contributed by atoms with Gasteiger partial charge in [0.15, 0.2) is 5.58 Å². The fourth-order valence-electron chi connectivity index (χ4n) is 2.25. The van der Waals surface area contributed by atoms with E-state index in [1.807, 2.05) is 13.8 Å². The molecule has 4 nitrogen and oxygen atoms in total. The van der Waals surface area contributed by atoms with Gasteiger partial charge in [-0.15, -0.1) is 0 Å². The molecular weight excluding hydrogens is 311 g/mol. The fourth-order valence-corrected chi connectivity index (χ4v) is 2.63. The number of H-pyrrole nitrogens is 1. The number of fused-ring (bicyclic) bond motifs is 1. The zero-order valence-electron chi connectivity index (χ0n) is 11.5. The Morgan fingerprint density at radius 3 is 2.67 bits per heavy atom. The maximum Gasteiger partial charge on any atom is 0.260 e. The van der Waals surface area contributed by atoms with Gasteiger partial charge >= 0.3 is 0 Å². The molecule has 0 aliphatic rings. The summed E-state index contributed by atoms with van der Waals surface area (Å²) in [5, 5.41) is 0.844. The standard InChI is InChI=1S/C15H12Cl2N2O2/c1-3-8-6-9(14(20)18-7(8)2)15-19-12-10(16)4-5-11(17)13(12)21-15/h4-6H,3H2,1-2H3,(H,18,20). The van der Waals surface area contributed by atoms with E-state index in [0.717, 1.165) is 17.7 Å². The van der Waals surface area contributed by atoms with Crippen LogP contribution < -0.4 is 5.56 Å². The number of nitrogens with one attached hydrogen (secondary N) is 1. The maximum atomic E-state index is 12.1. The molecule has 0 radical (unpaired) electrons. The second kappa shape index (κ2) is 5.20. The lowest BCUT2D eigenvalue weighted by Crippen LogP contribution is -2.12. The average molecular weight is 323 g/mol. The van der Waals surface area contributed by atoms with Gasteiger partial charge in [0.2, 0.25) is 5.89 Å². The molecule has 108 valence electrons. The summed E-state index contributed by atoms with van der Waals surface area (Å²) in [7, 11) is 0. The molecule has 21 heavy (non-hydrogen) atoms. The van der Waals surface area contributed by atoms with E-state index in [1.54, 1.807) is 18.2 Å². The molecule has 6 heteroatoms. The highest BCUT2D eigenvalue weighted by Crippen LogP contribution is 2.32. The van der Waals surface area contributed by atoms with E-state index in [2.05, 4.69) is 9.97 Å². The van der Waals surface area contributed by atoms with Crippen molar-refractivity contribution in [3.05, 3.63) is 49.9 Å². The number of benzene rings is 1. The van der Waals surface area contributed by atoms with Crippen molar-refractivity contribution in [1.29, 1.82) is 0 Å². The molecule has 0 aliphatic heterocycles. The second-order valence-electron chi connectivity index (χ2n) is 4.74. The van der Waals surface area contributed by atoms with Gasteiger partial charge in [0.25, 0.3) is 5.56 Å². The van der Waals surface area contributed by atoms with Crippen LogP contribution in [0.25, 0.3) is 22.6 Å². The Kier molecular flexibility index (Phi) is 3.51. The molecule has 0 fully saturated rings. The number of aryl methyl sites for hydroxylation is 2. The van der Waals surface area contributed by atoms with Crippen LogP contribution in [0, 0.1) is 6.92 Å². The Bertz CT molecular complexity index is 858. The van der Waals surface area contributed by atoms with Crippen LogP contribution in [-0.4, -0.2) is 9.97 Å². The Balaban J connectivity index is 2.28. The lowest BCUT2D eigenvalue weighted by Gasteiger charge is -2.03. The SMILES string of the molecule is CCc1cc(-c2nc3c(Cl)ccc(Cl)c3o2)c(=O)[nH]c1C. The molecule has 0 saturated heterocycles. The summed E-state index contributed by atoms with van der Waals surface area (Å²) in [5.41, 5.74) is 2.85. The highest BCUT2D eigenvalue weighted by atomic mass is 35.5. The van der Waals surface area contributed by atoms with Crippen LogP contribution >= 0.6 is 23.2 Å². The van der Waals surface area contributed by atoms with Crippen LogP contribution in [0.2, 0.25) is 10.0 Å². The van der Waals surface area contributed by atoms with Gasteiger partial charge in [-0.2, -0.15) is 0 Å². The van der Waals surface area contributed by atoms with Crippen molar-refractivity contribution < 1.29 is 4.42 Å². The van der Waals surface area contributed by atoms with Gasteiger partial charge in [-0.05, 0) is 37.1 Å². The lowest BCUT2D eigenvalue weighted by atomic mass is 10.1. The van der Waals surface area contributed by atoms with Gasteiger partial charge in [-0.1, -0.05) is 30.1 Å². The first-order chi connectivity index (χ1) is 10.0. The van der Waals surface area contributed by atoms with Gasteiger partial charge < -0.3 is 9.40 Å². The highest BCUT2D eigenvalue weighted by Gasteiger charge is 2.17. The third kappa shape index (κ3) is 2.34. The molecule has 0 saturated carbocycles. The first-order valence-corrected chi connectivity index (χ1v) is 7.24. The third-order valence-electron chi connectivity index (χ3n) is 3.40. The van der Waals surface area contributed by atoms with E-state index >= 15 is 0 Å². The minimum atomic E-state index is -0.247. The van der Waals surface area contributed by atoms with Crippen molar-refractivity contribution >= 4 is 34.3 Å². The van der Waals surface area contributed by atoms with E-state index in [1.165, 1.54) is 0 Å². The van der Waals surface area contributed by atoms with Crippen molar-refractivity contribution in [2.75, 3.05) is 0 Å². The monoisotopic (exact) mass is 322 g/mol. The minimum absolute atomic E-state index is 0.218. The summed E-state index contributed by atoms with van der Waals surface area (Å²) in [4.78, 5) is 19.2. The molecule has 2 heterocycles. The molecule has 0 aliphatic carbocycles. The Morgan fingerprint density at radius 1 is 1.29 bits per heavy atom. The summed E-state index contributed by atoms with van der Waals surface area (Å²) in [6.45, 7) is 3.88. The number of aromatic nitrogens is 2. The zero-order valence-corrected chi connectivity index (χ0v) is 13.0. The summed E-state index contributed by atoms with van der Waals surface area (Å²) in [6, 6.07) is 5.08. The quantitative estimate of drug-likeness (QED) is 0.762.